The van der Waals surface area contributed by atoms with Crippen LogP contribution < -0.4 is 5.32 Å². The number of carboxylic acids is 1. The predicted octanol–water partition coefficient (Wildman–Crippen LogP) is 2.30. The maximum Gasteiger partial charge on any atom is 0.331 e. The summed E-state index contributed by atoms with van der Waals surface area (Å²) in [5, 5.41) is 15.3. The van der Waals surface area contributed by atoms with Gasteiger partial charge in [0.25, 0.3) is 5.91 Å². The zero-order chi connectivity index (χ0) is 17.1. The number of carboxylic acid groups (broad SMARTS) is 1. The van der Waals surface area contributed by atoms with Gasteiger partial charge in [0.2, 0.25) is 0 Å². The van der Waals surface area contributed by atoms with E-state index in [2.05, 4.69) is 10.4 Å². The van der Waals surface area contributed by atoms with Crippen molar-refractivity contribution in [3.63, 3.8) is 0 Å². The molecule has 0 saturated heterocycles. The summed E-state index contributed by atoms with van der Waals surface area (Å²) in [7, 11) is 0. The Bertz CT molecular complexity index is 743. The van der Waals surface area contributed by atoms with Crippen molar-refractivity contribution in [1.29, 1.82) is 0 Å². The molecule has 1 atom stereocenters. The first-order chi connectivity index (χ1) is 10.8. The highest BCUT2D eigenvalue weighted by Crippen LogP contribution is 2.20. The van der Waals surface area contributed by atoms with Gasteiger partial charge in [0.05, 0.1) is 11.8 Å². The molecule has 122 valence electrons. The minimum Gasteiger partial charge on any atom is -0.479 e. The normalized spacial score (nSPS) is 12.2. The summed E-state index contributed by atoms with van der Waals surface area (Å²) in [6, 6.07) is 1.46. The van der Waals surface area contributed by atoms with Gasteiger partial charge in [0, 0.05) is 17.8 Å². The van der Waals surface area contributed by atoms with Gasteiger partial charge in [-0.05, 0) is 19.9 Å². The van der Waals surface area contributed by atoms with E-state index >= 15 is 0 Å². The van der Waals surface area contributed by atoms with Crippen LogP contribution in [-0.4, -0.2) is 26.8 Å². The lowest BCUT2D eigenvalue weighted by Crippen LogP contribution is -2.34. The second-order valence-electron chi connectivity index (χ2n) is 5.19. The number of benzene rings is 1. The van der Waals surface area contributed by atoms with Crippen LogP contribution in [0.25, 0.3) is 0 Å². The summed E-state index contributed by atoms with van der Waals surface area (Å²) in [6.07, 6.45) is 2.72. The van der Waals surface area contributed by atoms with Crippen LogP contribution in [0.3, 0.4) is 0 Å². The Morgan fingerprint density at radius 2 is 2.00 bits per heavy atom. The standard InChI is InChI=1S/C15H15F2N3O3/c1-8(2)20-7-9(6-18-20)14(21)19-13(15(22)23)10-4-3-5-11(16)12(10)17/h3-8,13H,1-2H3,(H,19,21)(H,22,23). The fourth-order valence-electron chi connectivity index (χ4n) is 1.97. The minimum atomic E-state index is -1.71. The largest absolute Gasteiger partial charge is 0.479 e. The number of aliphatic carboxylic acids is 1. The number of rotatable bonds is 5. The molecule has 8 heteroatoms. The van der Waals surface area contributed by atoms with E-state index in [1.807, 2.05) is 13.8 Å². The topological polar surface area (TPSA) is 84.2 Å². The Hall–Kier alpha value is -2.77. The Kier molecular flexibility index (Phi) is 4.73. The molecule has 1 aromatic carbocycles. The number of hydrogen-bond donors (Lipinski definition) is 2. The molecular weight excluding hydrogens is 308 g/mol. The fourth-order valence-corrected chi connectivity index (χ4v) is 1.97. The highest BCUT2D eigenvalue weighted by molar-refractivity contribution is 5.96. The lowest BCUT2D eigenvalue weighted by molar-refractivity contribution is -0.139. The molecule has 0 saturated carbocycles. The van der Waals surface area contributed by atoms with Crippen molar-refractivity contribution in [2.75, 3.05) is 0 Å². The van der Waals surface area contributed by atoms with Crippen LogP contribution >= 0.6 is 0 Å². The summed E-state index contributed by atoms with van der Waals surface area (Å²) >= 11 is 0. The Morgan fingerprint density at radius 3 is 2.57 bits per heavy atom. The lowest BCUT2D eigenvalue weighted by atomic mass is 10.1. The maximum absolute atomic E-state index is 13.8. The smallest absolute Gasteiger partial charge is 0.331 e. The number of carbonyl (C=O) groups excluding carboxylic acids is 1. The fraction of sp³-hybridized carbons (Fsp3) is 0.267. The van der Waals surface area contributed by atoms with E-state index in [0.29, 0.717) is 0 Å². The summed E-state index contributed by atoms with van der Waals surface area (Å²) in [6.45, 7) is 3.72. The van der Waals surface area contributed by atoms with Gasteiger partial charge in [-0.25, -0.2) is 13.6 Å². The molecule has 0 radical (unpaired) electrons. The molecule has 2 aromatic rings. The van der Waals surface area contributed by atoms with Gasteiger partial charge in [-0.2, -0.15) is 5.10 Å². The lowest BCUT2D eigenvalue weighted by Gasteiger charge is -2.15. The molecule has 1 aromatic heterocycles. The van der Waals surface area contributed by atoms with Crippen LogP contribution in [0.5, 0.6) is 0 Å². The summed E-state index contributed by atoms with van der Waals surface area (Å²) in [5.74, 6) is -4.74. The van der Waals surface area contributed by atoms with Crippen LogP contribution in [0.1, 0.15) is 41.9 Å². The molecule has 0 aliphatic heterocycles. The molecule has 2 rings (SSSR count). The number of aromatic nitrogens is 2. The van der Waals surface area contributed by atoms with Crippen molar-refractivity contribution in [3.05, 3.63) is 53.4 Å². The first-order valence-corrected chi connectivity index (χ1v) is 6.83. The molecule has 1 unspecified atom stereocenters. The van der Waals surface area contributed by atoms with E-state index < -0.39 is 35.1 Å². The number of halogens is 2. The third kappa shape index (κ3) is 3.53. The van der Waals surface area contributed by atoms with Crippen LogP contribution in [0, 0.1) is 11.6 Å². The summed E-state index contributed by atoms with van der Waals surface area (Å²) < 4.78 is 28.6. The third-order valence-electron chi connectivity index (χ3n) is 3.21. The monoisotopic (exact) mass is 323 g/mol. The van der Waals surface area contributed by atoms with E-state index in [-0.39, 0.29) is 11.6 Å². The summed E-state index contributed by atoms with van der Waals surface area (Å²) in [5.41, 5.74) is -0.330. The van der Waals surface area contributed by atoms with E-state index in [0.717, 1.165) is 12.1 Å². The number of amides is 1. The van der Waals surface area contributed by atoms with Gasteiger partial charge in [0.15, 0.2) is 17.7 Å². The third-order valence-corrected chi connectivity index (χ3v) is 3.21. The second-order valence-corrected chi connectivity index (χ2v) is 5.19. The quantitative estimate of drug-likeness (QED) is 0.884. The molecule has 1 heterocycles. The molecule has 0 spiro atoms. The van der Waals surface area contributed by atoms with Gasteiger partial charge < -0.3 is 10.4 Å². The predicted molar refractivity (Wildman–Crippen MR) is 76.8 cm³/mol. The molecule has 0 fully saturated rings. The molecule has 0 aliphatic carbocycles. The van der Waals surface area contributed by atoms with Crippen molar-refractivity contribution in [2.24, 2.45) is 0 Å². The van der Waals surface area contributed by atoms with Gasteiger partial charge in [-0.1, -0.05) is 12.1 Å². The molecule has 0 bridgehead atoms. The van der Waals surface area contributed by atoms with Crippen molar-refractivity contribution < 1.29 is 23.5 Å². The van der Waals surface area contributed by atoms with Crippen molar-refractivity contribution in [2.45, 2.75) is 25.9 Å². The molecule has 6 nitrogen and oxygen atoms in total. The zero-order valence-electron chi connectivity index (χ0n) is 12.5. The average molecular weight is 323 g/mol. The van der Waals surface area contributed by atoms with Gasteiger partial charge in [-0.15, -0.1) is 0 Å². The summed E-state index contributed by atoms with van der Waals surface area (Å²) in [4.78, 5) is 23.4. The van der Waals surface area contributed by atoms with Crippen LogP contribution in [-0.2, 0) is 4.79 Å². The van der Waals surface area contributed by atoms with E-state index in [1.54, 1.807) is 0 Å². The number of hydrogen-bond acceptors (Lipinski definition) is 3. The van der Waals surface area contributed by atoms with E-state index in [4.69, 9.17) is 0 Å². The van der Waals surface area contributed by atoms with Gasteiger partial charge >= 0.3 is 5.97 Å². The number of nitrogens with one attached hydrogen (secondary N) is 1. The van der Waals surface area contributed by atoms with E-state index in [1.165, 1.54) is 23.1 Å². The Balaban J connectivity index is 2.27. The van der Waals surface area contributed by atoms with Crippen molar-refractivity contribution in [1.82, 2.24) is 15.1 Å². The highest BCUT2D eigenvalue weighted by Gasteiger charge is 2.27. The average Bonchev–Trinajstić information content (AvgIpc) is 2.98. The number of carbonyl (C=O) groups is 2. The maximum atomic E-state index is 13.8. The minimum absolute atomic E-state index is 0.0208. The second kappa shape index (κ2) is 6.55. The molecule has 2 N–H and O–H groups in total. The van der Waals surface area contributed by atoms with Crippen LogP contribution in [0.4, 0.5) is 8.78 Å². The van der Waals surface area contributed by atoms with Gasteiger partial charge in [-0.3, -0.25) is 9.48 Å². The Morgan fingerprint density at radius 1 is 1.30 bits per heavy atom. The molecule has 1 amide bonds. The first-order valence-electron chi connectivity index (χ1n) is 6.83. The first kappa shape index (κ1) is 16.6. The van der Waals surface area contributed by atoms with Gasteiger partial charge in [0.1, 0.15) is 0 Å². The van der Waals surface area contributed by atoms with E-state index in [9.17, 15) is 23.5 Å². The molecule has 0 aliphatic rings. The van der Waals surface area contributed by atoms with Crippen molar-refractivity contribution in [3.8, 4) is 0 Å². The number of nitrogens with zero attached hydrogens (tertiary/aromatic N) is 2. The Labute approximate surface area is 130 Å². The van der Waals surface area contributed by atoms with Crippen LogP contribution in [0.15, 0.2) is 30.6 Å². The zero-order valence-corrected chi connectivity index (χ0v) is 12.5. The van der Waals surface area contributed by atoms with Crippen molar-refractivity contribution >= 4 is 11.9 Å². The van der Waals surface area contributed by atoms with Crippen LogP contribution in [0.2, 0.25) is 0 Å². The molecule has 23 heavy (non-hydrogen) atoms. The highest BCUT2D eigenvalue weighted by atomic mass is 19.2. The molecular formula is C15H15F2N3O3. The SMILES string of the molecule is CC(C)n1cc(C(=O)NC(C(=O)O)c2cccc(F)c2F)cn1.